The number of halogens is 2. The van der Waals surface area contributed by atoms with Crippen LogP contribution in [0.4, 0.5) is 0 Å². The molecule has 0 aliphatic heterocycles. The number of H-pyrrole nitrogens is 1. The molecule has 1 aromatic heterocycles. The van der Waals surface area contributed by atoms with Crippen LogP contribution in [0, 0.1) is 32.3 Å². The Morgan fingerprint density at radius 2 is 1.92 bits per heavy atom. The molecule has 0 aliphatic rings. The second-order valence-corrected chi connectivity index (χ2v) is 8.13. The third-order valence-electron chi connectivity index (χ3n) is 4.01. The van der Waals surface area contributed by atoms with Crippen molar-refractivity contribution < 1.29 is 4.74 Å². The fraction of sp³-hybridized carbons (Fsp3) is 0.158. The zero-order valence-corrected chi connectivity index (χ0v) is 18.3. The molecule has 126 valence electrons. The van der Waals surface area contributed by atoms with Gasteiger partial charge in [-0.05, 0) is 100 Å². The molecular formula is C19H15I2N3O. The highest BCUT2D eigenvalue weighted by molar-refractivity contribution is 14.1. The van der Waals surface area contributed by atoms with Crippen LogP contribution >= 0.6 is 45.2 Å². The molecule has 0 radical (unpaired) electrons. The molecule has 0 amide bonds. The monoisotopic (exact) mass is 555 g/mol. The molecule has 0 aliphatic carbocycles. The maximum atomic E-state index is 9.65. The number of hydrogen-bond acceptors (Lipinski definition) is 3. The molecule has 1 heterocycles. The van der Waals surface area contributed by atoms with Crippen molar-refractivity contribution in [3.8, 4) is 11.8 Å². The van der Waals surface area contributed by atoms with Gasteiger partial charge in [-0.2, -0.15) is 5.26 Å². The lowest BCUT2D eigenvalue weighted by atomic mass is 10.1. The van der Waals surface area contributed by atoms with Crippen LogP contribution in [0.5, 0.6) is 5.75 Å². The molecule has 3 aromatic rings. The number of hydrogen-bond donors (Lipinski definition) is 1. The third-order valence-corrected chi connectivity index (χ3v) is 5.44. The Bertz CT molecular complexity index is 1010. The average Bonchev–Trinajstić information content (AvgIpc) is 2.95. The van der Waals surface area contributed by atoms with Gasteiger partial charge in [0.15, 0.2) is 0 Å². The first kappa shape index (κ1) is 18.2. The summed E-state index contributed by atoms with van der Waals surface area (Å²) in [4.78, 5) is 7.85. The summed E-state index contributed by atoms with van der Waals surface area (Å²) in [5, 5.41) is 9.65. The van der Waals surface area contributed by atoms with Gasteiger partial charge >= 0.3 is 0 Å². The summed E-state index contributed by atoms with van der Waals surface area (Å²) in [5.41, 5.74) is 5.51. The summed E-state index contributed by atoms with van der Waals surface area (Å²) in [6.45, 7) is 4.12. The topological polar surface area (TPSA) is 61.7 Å². The van der Waals surface area contributed by atoms with E-state index in [1.54, 1.807) is 7.11 Å². The maximum absolute atomic E-state index is 9.65. The van der Waals surface area contributed by atoms with Crippen LogP contribution < -0.4 is 4.74 Å². The Morgan fingerprint density at radius 1 is 1.20 bits per heavy atom. The Kier molecular flexibility index (Phi) is 5.34. The standard InChI is InChI=1S/C19H15I2N3O/c1-10-4-16-17(5-11(10)2)24-19(23-16)13(9-22)6-12-7-14(20)8-15(21)18(12)25-3/h4-8H,1-3H3,(H,23,24)/b13-6+. The van der Waals surface area contributed by atoms with E-state index >= 15 is 0 Å². The molecule has 0 unspecified atom stereocenters. The van der Waals surface area contributed by atoms with E-state index in [2.05, 4.69) is 81.1 Å². The van der Waals surface area contributed by atoms with Gasteiger partial charge in [0, 0.05) is 9.13 Å². The fourth-order valence-corrected chi connectivity index (χ4v) is 4.72. The molecule has 25 heavy (non-hydrogen) atoms. The summed E-state index contributed by atoms with van der Waals surface area (Å²) in [6.07, 6.45) is 1.82. The van der Waals surface area contributed by atoms with Crippen LogP contribution in [-0.2, 0) is 0 Å². The van der Waals surface area contributed by atoms with Gasteiger partial charge in [-0.1, -0.05) is 0 Å². The molecule has 3 rings (SSSR count). The number of methoxy groups -OCH3 is 1. The van der Waals surface area contributed by atoms with Gasteiger partial charge < -0.3 is 9.72 Å². The summed E-state index contributed by atoms with van der Waals surface area (Å²) < 4.78 is 7.60. The number of ether oxygens (including phenoxy) is 1. The van der Waals surface area contributed by atoms with Crippen LogP contribution in [-0.4, -0.2) is 17.1 Å². The number of nitrogens with one attached hydrogen (secondary N) is 1. The van der Waals surface area contributed by atoms with Gasteiger partial charge in [0.25, 0.3) is 0 Å². The highest BCUT2D eigenvalue weighted by Gasteiger charge is 2.13. The van der Waals surface area contributed by atoms with Crippen LogP contribution in [0.3, 0.4) is 0 Å². The Labute approximate surface area is 173 Å². The predicted octanol–water partition coefficient (Wildman–Crippen LogP) is 5.46. The summed E-state index contributed by atoms with van der Waals surface area (Å²) in [7, 11) is 1.64. The first-order chi connectivity index (χ1) is 11.9. The molecule has 0 fully saturated rings. The molecule has 0 saturated heterocycles. The summed E-state index contributed by atoms with van der Waals surface area (Å²) >= 11 is 4.50. The number of nitriles is 1. The van der Waals surface area contributed by atoms with Gasteiger partial charge in [-0.3, -0.25) is 0 Å². The van der Waals surface area contributed by atoms with Gasteiger partial charge in [0.05, 0.1) is 27.3 Å². The van der Waals surface area contributed by atoms with E-state index in [9.17, 15) is 5.26 Å². The van der Waals surface area contributed by atoms with Crippen molar-refractivity contribution in [3.05, 3.63) is 53.9 Å². The molecule has 0 saturated carbocycles. The van der Waals surface area contributed by atoms with E-state index < -0.39 is 0 Å². The summed E-state index contributed by atoms with van der Waals surface area (Å²) in [6, 6.07) is 10.4. The smallest absolute Gasteiger partial charge is 0.149 e. The minimum absolute atomic E-state index is 0.475. The van der Waals surface area contributed by atoms with E-state index in [-0.39, 0.29) is 0 Å². The number of aryl methyl sites for hydroxylation is 2. The maximum Gasteiger partial charge on any atom is 0.149 e. The van der Waals surface area contributed by atoms with Crippen molar-refractivity contribution in [3.63, 3.8) is 0 Å². The second kappa shape index (κ2) is 7.33. The quantitative estimate of drug-likeness (QED) is 0.345. The van der Waals surface area contributed by atoms with Crippen molar-refractivity contribution in [1.29, 1.82) is 5.26 Å². The van der Waals surface area contributed by atoms with E-state index in [0.717, 1.165) is 29.5 Å². The van der Waals surface area contributed by atoms with Gasteiger partial charge in [0.2, 0.25) is 0 Å². The van der Waals surface area contributed by atoms with Crippen molar-refractivity contribution >= 4 is 67.9 Å². The number of rotatable bonds is 3. The highest BCUT2D eigenvalue weighted by atomic mass is 127. The van der Waals surface area contributed by atoms with Gasteiger partial charge in [-0.25, -0.2) is 4.98 Å². The number of benzene rings is 2. The number of fused-ring (bicyclic) bond motifs is 1. The van der Waals surface area contributed by atoms with Gasteiger partial charge in [-0.15, -0.1) is 0 Å². The lowest BCUT2D eigenvalue weighted by molar-refractivity contribution is 0.411. The Morgan fingerprint density at radius 3 is 2.60 bits per heavy atom. The van der Waals surface area contributed by atoms with Crippen LogP contribution in [0.1, 0.15) is 22.5 Å². The van der Waals surface area contributed by atoms with Crippen molar-refractivity contribution in [1.82, 2.24) is 9.97 Å². The first-order valence-electron chi connectivity index (χ1n) is 7.55. The van der Waals surface area contributed by atoms with Crippen LogP contribution in [0.25, 0.3) is 22.7 Å². The molecular weight excluding hydrogens is 540 g/mol. The number of imidazole rings is 1. The minimum atomic E-state index is 0.475. The minimum Gasteiger partial charge on any atom is -0.495 e. The third kappa shape index (κ3) is 3.67. The molecule has 0 bridgehead atoms. The molecule has 0 atom stereocenters. The van der Waals surface area contributed by atoms with Crippen molar-refractivity contribution in [2.24, 2.45) is 0 Å². The largest absolute Gasteiger partial charge is 0.495 e. The molecule has 4 nitrogen and oxygen atoms in total. The normalized spacial score (nSPS) is 11.6. The van der Waals surface area contributed by atoms with Crippen molar-refractivity contribution in [2.45, 2.75) is 13.8 Å². The van der Waals surface area contributed by atoms with Crippen molar-refractivity contribution in [2.75, 3.05) is 7.11 Å². The summed E-state index contributed by atoms with van der Waals surface area (Å²) in [5.74, 6) is 1.33. The average molecular weight is 555 g/mol. The van der Waals surface area contributed by atoms with E-state index in [4.69, 9.17) is 4.74 Å². The number of nitrogens with zero attached hydrogens (tertiary/aromatic N) is 2. The highest BCUT2D eigenvalue weighted by Crippen LogP contribution is 2.31. The lowest BCUT2D eigenvalue weighted by Crippen LogP contribution is -1.93. The zero-order chi connectivity index (χ0) is 18.1. The van der Waals surface area contributed by atoms with Crippen LogP contribution in [0.2, 0.25) is 0 Å². The van der Waals surface area contributed by atoms with Gasteiger partial charge in [0.1, 0.15) is 17.6 Å². The fourth-order valence-electron chi connectivity index (χ4n) is 2.61. The van der Waals surface area contributed by atoms with E-state index in [1.165, 1.54) is 11.1 Å². The molecule has 0 spiro atoms. The second-order valence-electron chi connectivity index (χ2n) is 5.72. The lowest BCUT2D eigenvalue weighted by Gasteiger charge is -2.08. The number of aromatic amines is 1. The molecule has 6 heteroatoms. The Balaban J connectivity index is 2.15. The predicted molar refractivity (Wildman–Crippen MR) is 117 cm³/mol. The van der Waals surface area contributed by atoms with Crippen LogP contribution in [0.15, 0.2) is 24.3 Å². The van der Waals surface area contributed by atoms with E-state index in [0.29, 0.717) is 11.4 Å². The molecule has 2 aromatic carbocycles. The van der Waals surface area contributed by atoms with E-state index in [1.807, 2.05) is 24.3 Å². The zero-order valence-electron chi connectivity index (χ0n) is 13.9. The number of aromatic nitrogens is 2. The number of allylic oxidation sites excluding steroid dienone is 1. The first-order valence-corrected chi connectivity index (χ1v) is 9.71. The Hall–Kier alpha value is -1.60. The SMILES string of the molecule is COc1c(I)cc(I)cc1/C=C(\C#N)c1nc2cc(C)c(C)cc2[nH]1. The molecule has 1 N–H and O–H groups in total.